The molecule has 0 aliphatic heterocycles. The van der Waals surface area contributed by atoms with Gasteiger partial charge in [-0.25, -0.2) is 0 Å². The van der Waals surface area contributed by atoms with E-state index in [0.717, 1.165) is 22.3 Å². The van der Waals surface area contributed by atoms with Crippen molar-refractivity contribution in [3.05, 3.63) is 59.8 Å². The summed E-state index contributed by atoms with van der Waals surface area (Å²) in [5, 5.41) is 8.21. The Kier molecular flexibility index (Phi) is 4.59. The van der Waals surface area contributed by atoms with Crippen molar-refractivity contribution in [3.8, 4) is 0 Å². The van der Waals surface area contributed by atoms with E-state index in [4.69, 9.17) is 0 Å². The number of aromatic amines is 1. The van der Waals surface area contributed by atoms with Gasteiger partial charge in [-0.15, -0.1) is 0 Å². The Bertz CT molecular complexity index is 826. The maximum atomic E-state index is 11.5. The van der Waals surface area contributed by atoms with E-state index in [9.17, 15) is 4.21 Å². The SMILES string of the molecule is C[C@@H](c1ccc([S@](C)=O)cc1)N(C)Cc1ccc2cn[nH]c2c1. The molecule has 4 nitrogen and oxygen atoms in total. The van der Waals surface area contributed by atoms with Gasteiger partial charge in [0.2, 0.25) is 0 Å². The number of rotatable bonds is 5. The van der Waals surface area contributed by atoms with Crippen LogP contribution in [0.2, 0.25) is 0 Å². The molecule has 0 spiro atoms. The fraction of sp³-hybridized carbons (Fsp3) is 0.278. The first-order valence-corrected chi connectivity index (χ1v) is 9.16. The van der Waals surface area contributed by atoms with Crippen LogP contribution in [0.1, 0.15) is 24.1 Å². The third-order valence-electron chi connectivity index (χ3n) is 4.29. The van der Waals surface area contributed by atoms with E-state index < -0.39 is 10.8 Å². The topological polar surface area (TPSA) is 49.0 Å². The lowest BCUT2D eigenvalue weighted by Gasteiger charge is -2.25. The molecule has 2 atom stereocenters. The number of nitrogens with one attached hydrogen (secondary N) is 1. The van der Waals surface area contributed by atoms with Crippen LogP contribution in [-0.4, -0.2) is 32.6 Å². The lowest BCUT2D eigenvalue weighted by Crippen LogP contribution is -2.21. The molecular formula is C18H21N3OS. The molecule has 23 heavy (non-hydrogen) atoms. The van der Waals surface area contributed by atoms with Crippen molar-refractivity contribution in [3.63, 3.8) is 0 Å². The Morgan fingerprint density at radius 2 is 1.96 bits per heavy atom. The minimum Gasteiger partial charge on any atom is -0.295 e. The highest BCUT2D eigenvalue weighted by Gasteiger charge is 2.13. The fourth-order valence-electron chi connectivity index (χ4n) is 2.70. The van der Waals surface area contributed by atoms with Gasteiger partial charge in [-0.1, -0.05) is 24.3 Å². The predicted molar refractivity (Wildman–Crippen MR) is 94.8 cm³/mol. The van der Waals surface area contributed by atoms with Crippen LogP contribution in [0.4, 0.5) is 0 Å². The molecule has 0 amide bonds. The molecule has 5 heteroatoms. The van der Waals surface area contributed by atoms with Crippen LogP contribution in [0.5, 0.6) is 0 Å². The van der Waals surface area contributed by atoms with E-state index in [1.54, 1.807) is 6.26 Å². The maximum Gasteiger partial charge on any atom is 0.0653 e. The Morgan fingerprint density at radius 3 is 2.65 bits per heavy atom. The highest BCUT2D eigenvalue weighted by Crippen LogP contribution is 2.23. The van der Waals surface area contributed by atoms with Crippen LogP contribution in [0, 0.1) is 0 Å². The van der Waals surface area contributed by atoms with Crippen molar-refractivity contribution in [2.24, 2.45) is 0 Å². The molecule has 0 bridgehead atoms. The molecule has 0 aliphatic rings. The smallest absolute Gasteiger partial charge is 0.0653 e. The van der Waals surface area contributed by atoms with Gasteiger partial charge in [-0.2, -0.15) is 5.10 Å². The molecule has 2 aromatic carbocycles. The van der Waals surface area contributed by atoms with Gasteiger partial charge in [0.05, 0.1) is 11.7 Å². The molecule has 1 N–H and O–H groups in total. The number of nitrogens with zero attached hydrogens (tertiary/aromatic N) is 2. The molecule has 120 valence electrons. The van der Waals surface area contributed by atoms with Crippen LogP contribution >= 0.6 is 0 Å². The fourth-order valence-corrected chi connectivity index (χ4v) is 3.22. The first kappa shape index (κ1) is 15.9. The average molecular weight is 327 g/mol. The van der Waals surface area contributed by atoms with Crippen molar-refractivity contribution < 1.29 is 4.21 Å². The van der Waals surface area contributed by atoms with Crippen molar-refractivity contribution >= 4 is 21.7 Å². The number of benzene rings is 2. The van der Waals surface area contributed by atoms with E-state index in [0.29, 0.717) is 0 Å². The molecule has 3 rings (SSSR count). The van der Waals surface area contributed by atoms with E-state index in [1.807, 2.05) is 18.3 Å². The average Bonchev–Trinajstić information content (AvgIpc) is 3.01. The van der Waals surface area contributed by atoms with Gasteiger partial charge in [0.1, 0.15) is 0 Å². The summed E-state index contributed by atoms with van der Waals surface area (Å²) in [4.78, 5) is 3.17. The Hall–Kier alpha value is -1.98. The molecule has 1 heterocycles. The van der Waals surface area contributed by atoms with Crippen molar-refractivity contribution in [1.29, 1.82) is 0 Å². The largest absolute Gasteiger partial charge is 0.295 e. The molecule has 0 fully saturated rings. The predicted octanol–water partition coefficient (Wildman–Crippen LogP) is 3.49. The van der Waals surface area contributed by atoms with E-state index in [-0.39, 0.29) is 6.04 Å². The van der Waals surface area contributed by atoms with Gasteiger partial charge in [0.25, 0.3) is 0 Å². The van der Waals surface area contributed by atoms with E-state index in [2.05, 4.69) is 59.4 Å². The number of fused-ring (bicyclic) bond motifs is 1. The Labute approximate surface area is 139 Å². The lowest BCUT2D eigenvalue weighted by atomic mass is 10.1. The van der Waals surface area contributed by atoms with Gasteiger partial charge in [0.15, 0.2) is 0 Å². The van der Waals surface area contributed by atoms with Gasteiger partial charge in [-0.3, -0.25) is 14.2 Å². The molecular weight excluding hydrogens is 306 g/mol. The summed E-state index contributed by atoms with van der Waals surface area (Å²) in [5.41, 5.74) is 3.55. The molecule has 3 aromatic rings. The van der Waals surface area contributed by atoms with Crippen LogP contribution < -0.4 is 0 Å². The second-order valence-corrected chi connectivity index (χ2v) is 7.29. The highest BCUT2D eigenvalue weighted by atomic mass is 32.2. The van der Waals surface area contributed by atoms with Crippen LogP contribution in [0.15, 0.2) is 53.6 Å². The quantitative estimate of drug-likeness (QED) is 0.780. The second kappa shape index (κ2) is 6.64. The molecule has 0 saturated heterocycles. The number of hydrogen-bond donors (Lipinski definition) is 1. The van der Waals surface area contributed by atoms with Gasteiger partial charge >= 0.3 is 0 Å². The summed E-state index contributed by atoms with van der Waals surface area (Å²) in [7, 11) is 1.19. The summed E-state index contributed by atoms with van der Waals surface area (Å²) in [6, 6.07) is 14.7. The number of H-pyrrole nitrogens is 1. The monoisotopic (exact) mass is 327 g/mol. The Balaban J connectivity index is 1.73. The standard InChI is InChI=1S/C18H21N3OS/c1-13(15-6-8-17(9-7-15)23(3)22)21(2)12-14-4-5-16-11-19-20-18(16)10-14/h4-11,13H,12H2,1-3H3,(H,19,20)/t13-,23-/m0/s1. The number of aromatic nitrogens is 2. The van der Waals surface area contributed by atoms with Gasteiger partial charge in [-0.05, 0) is 43.3 Å². The molecule has 0 unspecified atom stereocenters. The Morgan fingerprint density at radius 1 is 1.22 bits per heavy atom. The molecule has 0 radical (unpaired) electrons. The zero-order chi connectivity index (χ0) is 16.4. The molecule has 0 aliphatic carbocycles. The normalized spacial score (nSPS) is 14.3. The summed E-state index contributed by atoms with van der Waals surface area (Å²) in [5.74, 6) is 0. The summed E-state index contributed by atoms with van der Waals surface area (Å²) >= 11 is 0. The van der Waals surface area contributed by atoms with Crippen molar-refractivity contribution in [2.45, 2.75) is 24.4 Å². The van der Waals surface area contributed by atoms with Crippen LogP contribution in [-0.2, 0) is 17.3 Å². The van der Waals surface area contributed by atoms with Crippen molar-refractivity contribution in [2.75, 3.05) is 13.3 Å². The summed E-state index contributed by atoms with van der Waals surface area (Å²) in [6.07, 6.45) is 3.54. The highest BCUT2D eigenvalue weighted by molar-refractivity contribution is 7.84. The molecule has 1 aromatic heterocycles. The summed E-state index contributed by atoms with van der Waals surface area (Å²) < 4.78 is 11.5. The van der Waals surface area contributed by atoms with E-state index >= 15 is 0 Å². The van der Waals surface area contributed by atoms with E-state index in [1.165, 1.54) is 11.1 Å². The zero-order valence-corrected chi connectivity index (χ0v) is 14.4. The first-order chi connectivity index (χ1) is 11.0. The molecule has 0 saturated carbocycles. The lowest BCUT2D eigenvalue weighted by molar-refractivity contribution is 0.253. The minimum atomic E-state index is -0.925. The third kappa shape index (κ3) is 3.51. The van der Waals surface area contributed by atoms with Crippen LogP contribution in [0.3, 0.4) is 0 Å². The summed E-state index contributed by atoms with van der Waals surface area (Å²) in [6.45, 7) is 3.05. The van der Waals surface area contributed by atoms with Crippen molar-refractivity contribution in [1.82, 2.24) is 15.1 Å². The van der Waals surface area contributed by atoms with Gasteiger partial charge < -0.3 is 0 Å². The van der Waals surface area contributed by atoms with Gasteiger partial charge in [0, 0.05) is 39.9 Å². The number of hydrogen-bond acceptors (Lipinski definition) is 3. The maximum absolute atomic E-state index is 11.5. The minimum absolute atomic E-state index is 0.284. The zero-order valence-electron chi connectivity index (χ0n) is 13.6. The van der Waals surface area contributed by atoms with Crippen LogP contribution in [0.25, 0.3) is 10.9 Å². The second-order valence-electron chi connectivity index (χ2n) is 5.91. The first-order valence-electron chi connectivity index (χ1n) is 7.60. The third-order valence-corrected chi connectivity index (χ3v) is 5.23.